The van der Waals surface area contributed by atoms with E-state index in [0.29, 0.717) is 0 Å². The Morgan fingerprint density at radius 3 is 1.47 bits per heavy atom. The van der Waals surface area contributed by atoms with Crippen molar-refractivity contribution in [2.75, 3.05) is 7.05 Å². The second-order valence-corrected chi connectivity index (χ2v) is 3.54. The minimum absolute atomic E-state index is 0. The molecule has 90 valence electrons. The predicted molar refractivity (Wildman–Crippen MR) is 66.8 cm³/mol. The topological polar surface area (TPSA) is 155 Å². The fraction of sp³-hybridized carbons (Fsp3) is 0.600. The van der Waals surface area contributed by atoms with Crippen molar-refractivity contribution >= 4 is 111 Å². The Morgan fingerprint density at radius 2 is 1.41 bits per heavy atom. The van der Waals surface area contributed by atoms with Crippen LogP contribution in [0.2, 0.25) is 0 Å². The molecule has 12 heteroatoms. The minimum atomic E-state index is -4.84. The molecule has 0 aliphatic rings. The van der Waals surface area contributed by atoms with Crippen LogP contribution in [0.15, 0.2) is 0 Å². The quantitative estimate of drug-likeness (QED) is 0.307. The van der Waals surface area contributed by atoms with Gasteiger partial charge in [0, 0.05) is 0 Å². The van der Waals surface area contributed by atoms with Crippen molar-refractivity contribution in [1.29, 1.82) is 0 Å². The van der Waals surface area contributed by atoms with E-state index in [-0.39, 0.29) is 88.7 Å². The van der Waals surface area contributed by atoms with Gasteiger partial charge < -0.3 is 15.9 Å². The molecule has 0 aromatic carbocycles. The average Bonchev–Trinajstić information content (AvgIpc) is 2.01. The summed E-state index contributed by atoms with van der Waals surface area (Å²) in [5.74, 6) is -3.50. The van der Waals surface area contributed by atoms with Crippen molar-refractivity contribution in [1.82, 2.24) is 0 Å². The molecule has 0 aliphatic carbocycles. The number of nitrogens with two attached hydrogens (primary N) is 1. The molecule has 0 amide bonds. The second-order valence-electron chi connectivity index (χ2n) is 1.94. The number of aliphatic carboxylic acids is 2. The summed E-state index contributed by atoms with van der Waals surface area (Å²) < 4.78 is 28.7. The average molecular weight is 301 g/mol. The van der Waals surface area contributed by atoms with Crippen LogP contribution in [0.3, 0.4) is 0 Å². The summed E-state index contributed by atoms with van der Waals surface area (Å²) in [5.41, 5.74) is 4.50. The molecule has 1 unspecified atom stereocenters. The number of rotatable bonds is 4. The van der Waals surface area contributed by atoms with Gasteiger partial charge in [-0.1, -0.05) is 0 Å². The Kier molecular flexibility index (Phi) is 29.2. The number of hydrogen-bond donors (Lipinski definition) is 4. The van der Waals surface area contributed by atoms with Crippen LogP contribution in [0, 0.1) is 0 Å². The summed E-state index contributed by atoms with van der Waals surface area (Å²) >= 11 is 0. The zero-order valence-corrected chi connectivity index (χ0v) is 8.06. The molecule has 0 rings (SSSR count). The van der Waals surface area contributed by atoms with Crippen molar-refractivity contribution in [2.24, 2.45) is 5.73 Å². The molecular formula is C5H14NNa3O7S. The van der Waals surface area contributed by atoms with Crippen molar-refractivity contribution in [3.63, 3.8) is 0 Å². The Hall–Kier alpha value is 1.81. The van der Waals surface area contributed by atoms with E-state index in [0.717, 1.165) is 0 Å². The predicted octanol–water partition coefficient (Wildman–Crippen LogP) is -3.57. The van der Waals surface area contributed by atoms with E-state index < -0.39 is 33.7 Å². The molecule has 0 saturated carbocycles. The molecule has 1 atom stereocenters. The van der Waals surface area contributed by atoms with Crippen LogP contribution in [-0.4, -0.2) is 136 Å². The zero-order chi connectivity index (χ0) is 11.9. The third kappa shape index (κ3) is 17.8. The standard InChI is InChI=1S/C4H6O7S.CH5N.3Na.3H/c5-3(6)1-2(4(7)8)12(9,10)11;1-2;;;;;;/h2H,1H2,(H,5,6)(H,7,8)(H,9,10,11);2H2,1H3;;;;;;. The van der Waals surface area contributed by atoms with Crippen molar-refractivity contribution < 1.29 is 32.8 Å². The van der Waals surface area contributed by atoms with E-state index in [4.69, 9.17) is 14.8 Å². The van der Waals surface area contributed by atoms with E-state index in [9.17, 15) is 18.0 Å². The molecule has 8 nitrogen and oxygen atoms in total. The van der Waals surface area contributed by atoms with E-state index in [2.05, 4.69) is 5.73 Å². The fourth-order valence-electron chi connectivity index (χ4n) is 0.479. The maximum atomic E-state index is 10.2. The molecule has 0 saturated heterocycles. The van der Waals surface area contributed by atoms with Crippen LogP contribution in [0.25, 0.3) is 0 Å². The SMILES string of the molecule is CN.O=C(O)CC(C(=O)O)S(=O)(=O)O.[NaH].[NaH].[NaH]. The summed E-state index contributed by atoms with van der Waals surface area (Å²) in [4.78, 5) is 20.0. The van der Waals surface area contributed by atoms with Gasteiger partial charge in [-0.25, -0.2) is 0 Å². The molecule has 0 radical (unpaired) electrons. The normalized spacial score (nSPS) is 10.1. The molecule has 0 heterocycles. The summed E-state index contributed by atoms with van der Waals surface area (Å²) in [6, 6.07) is 0. The molecule has 5 N–H and O–H groups in total. The number of hydrogen-bond acceptors (Lipinski definition) is 5. The fourth-order valence-corrected chi connectivity index (χ4v) is 1.09. The van der Waals surface area contributed by atoms with E-state index in [1.54, 1.807) is 0 Å². The van der Waals surface area contributed by atoms with E-state index in [1.165, 1.54) is 7.05 Å². The van der Waals surface area contributed by atoms with Crippen molar-refractivity contribution in [3.05, 3.63) is 0 Å². The third-order valence-electron chi connectivity index (χ3n) is 0.995. The van der Waals surface area contributed by atoms with Crippen LogP contribution in [0.5, 0.6) is 0 Å². The number of carboxylic acids is 2. The molecule has 0 spiro atoms. The first kappa shape index (κ1) is 31.3. The molecule has 0 fully saturated rings. The molecule has 0 bridgehead atoms. The van der Waals surface area contributed by atoms with E-state index in [1.807, 2.05) is 0 Å². The first-order valence-corrected chi connectivity index (χ1v) is 4.74. The summed E-state index contributed by atoms with van der Waals surface area (Å²) in [6.07, 6.45) is -1.16. The van der Waals surface area contributed by atoms with Gasteiger partial charge in [0.1, 0.15) is 0 Å². The monoisotopic (exact) mass is 301 g/mol. The van der Waals surface area contributed by atoms with Crippen LogP contribution < -0.4 is 5.73 Å². The third-order valence-corrected chi connectivity index (χ3v) is 2.08. The Labute approximate surface area is 165 Å². The van der Waals surface area contributed by atoms with E-state index >= 15 is 0 Å². The van der Waals surface area contributed by atoms with Crippen LogP contribution in [-0.2, 0) is 19.7 Å². The Bertz CT molecular complexity index is 307. The second kappa shape index (κ2) is 15.9. The summed E-state index contributed by atoms with van der Waals surface area (Å²) in [7, 11) is -3.34. The van der Waals surface area contributed by atoms with Gasteiger partial charge in [0.2, 0.25) is 0 Å². The van der Waals surface area contributed by atoms with Gasteiger partial charge in [-0.2, -0.15) is 8.42 Å². The van der Waals surface area contributed by atoms with Gasteiger partial charge in [0.05, 0.1) is 6.42 Å². The first-order chi connectivity index (χ1) is 6.25. The number of carboxylic acid groups (broad SMARTS) is 2. The molecule has 0 aliphatic heterocycles. The van der Waals surface area contributed by atoms with Crippen LogP contribution in [0.1, 0.15) is 6.42 Å². The molecular weight excluding hydrogens is 287 g/mol. The molecule has 0 aromatic heterocycles. The Balaban J connectivity index is -0.0000000907. The van der Waals surface area contributed by atoms with Gasteiger partial charge in [-0.3, -0.25) is 14.1 Å². The molecule has 17 heavy (non-hydrogen) atoms. The molecule has 0 aromatic rings. The summed E-state index contributed by atoms with van der Waals surface area (Å²) in [5, 5.41) is 13.9. The van der Waals surface area contributed by atoms with Crippen molar-refractivity contribution in [3.8, 4) is 0 Å². The number of carbonyl (C=O) groups is 2. The first-order valence-electron chi connectivity index (χ1n) is 3.23. The van der Waals surface area contributed by atoms with Gasteiger partial charge >= 0.3 is 101 Å². The van der Waals surface area contributed by atoms with Crippen LogP contribution in [0.4, 0.5) is 0 Å². The van der Waals surface area contributed by atoms with Gasteiger partial charge in [-0.15, -0.1) is 0 Å². The zero-order valence-electron chi connectivity index (χ0n) is 7.24. The van der Waals surface area contributed by atoms with Gasteiger partial charge in [0.25, 0.3) is 10.1 Å². The van der Waals surface area contributed by atoms with Gasteiger partial charge in [-0.05, 0) is 7.05 Å². The maximum absolute atomic E-state index is 10.2. The van der Waals surface area contributed by atoms with Gasteiger partial charge in [0.15, 0.2) is 5.25 Å². The Morgan fingerprint density at radius 1 is 1.12 bits per heavy atom. The summed E-state index contributed by atoms with van der Waals surface area (Å²) in [6.45, 7) is 0. The van der Waals surface area contributed by atoms with Crippen molar-refractivity contribution in [2.45, 2.75) is 11.7 Å². The van der Waals surface area contributed by atoms with Crippen LogP contribution >= 0.6 is 0 Å².